The van der Waals surface area contributed by atoms with E-state index in [1.807, 2.05) is 6.92 Å². The van der Waals surface area contributed by atoms with Gasteiger partial charge in [0.15, 0.2) is 11.4 Å². The first-order chi connectivity index (χ1) is 11.0. The van der Waals surface area contributed by atoms with Gasteiger partial charge in [-0.15, -0.1) is 0 Å². The summed E-state index contributed by atoms with van der Waals surface area (Å²) in [5, 5.41) is 22.4. The lowest BCUT2D eigenvalue weighted by Gasteiger charge is -2.53. The van der Waals surface area contributed by atoms with E-state index in [2.05, 4.69) is 27.4 Å². The standard InChI is InChI=1S/C20H30O4/c1-12(2)19-9-8-16(4)11-18(23)13(3)6-7-14(21)17(18,5)10-15(22)20(16,19)24-19/h12,14,21,23H,3,6-11H2,1-2,4-5H3. The Hall–Kier alpha value is -0.710. The first-order valence-corrected chi connectivity index (χ1v) is 9.31. The lowest BCUT2D eigenvalue weighted by atomic mass is 9.56. The molecule has 1 spiro atoms. The fourth-order valence-electron chi connectivity index (χ4n) is 6.53. The van der Waals surface area contributed by atoms with Gasteiger partial charge in [-0.2, -0.15) is 0 Å². The Kier molecular flexibility index (Phi) is 3.02. The Bertz CT molecular complexity index is 642. The van der Waals surface area contributed by atoms with Crippen LogP contribution in [0.1, 0.15) is 66.2 Å². The van der Waals surface area contributed by atoms with Gasteiger partial charge in [-0.1, -0.05) is 34.3 Å². The molecule has 3 aliphatic carbocycles. The largest absolute Gasteiger partial charge is 0.392 e. The van der Waals surface area contributed by atoms with Gasteiger partial charge in [0.05, 0.1) is 11.7 Å². The molecule has 2 N–H and O–H groups in total. The molecule has 6 atom stereocenters. The number of ketones is 1. The number of hydrogen-bond acceptors (Lipinski definition) is 4. The molecule has 4 fully saturated rings. The number of ether oxygens (including phenoxy) is 1. The summed E-state index contributed by atoms with van der Waals surface area (Å²) in [6.45, 7) is 12.3. The Morgan fingerprint density at radius 2 is 1.96 bits per heavy atom. The first kappa shape index (κ1) is 16.7. The summed E-state index contributed by atoms with van der Waals surface area (Å²) in [4.78, 5) is 13.5. The molecule has 0 aromatic rings. The summed E-state index contributed by atoms with van der Waals surface area (Å²) in [5.41, 5.74) is -2.89. The van der Waals surface area contributed by atoms with Crippen molar-refractivity contribution in [3.05, 3.63) is 12.2 Å². The Labute approximate surface area is 144 Å². The van der Waals surface area contributed by atoms with Crippen LogP contribution in [0.4, 0.5) is 0 Å². The van der Waals surface area contributed by atoms with Crippen LogP contribution in [-0.2, 0) is 9.53 Å². The molecule has 0 aromatic carbocycles. The second kappa shape index (κ2) is 4.33. The molecule has 0 bridgehead atoms. The van der Waals surface area contributed by atoms with Crippen LogP contribution in [0.25, 0.3) is 0 Å². The molecular formula is C20H30O4. The SMILES string of the molecule is C=C1CCC(O)C2(C)CC(=O)C34OC3(C(C)C)CCC4(C)CC12O. The van der Waals surface area contributed by atoms with E-state index in [4.69, 9.17) is 4.74 Å². The molecule has 3 saturated carbocycles. The molecule has 0 amide bonds. The molecule has 1 heterocycles. The van der Waals surface area contributed by atoms with E-state index in [9.17, 15) is 15.0 Å². The van der Waals surface area contributed by atoms with Crippen LogP contribution in [0.15, 0.2) is 12.2 Å². The van der Waals surface area contributed by atoms with Crippen molar-refractivity contribution in [3.63, 3.8) is 0 Å². The molecule has 24 heavy (non-hydrogen) atoms. The number of aliphatic hydroxyl groups is 2. The average Bonchev–Trinajstić information content (AvgIpc) is 3.15. The molecule has 4 nitrogen and oxygen atoms in total. The zero-order valence-electron chi connectivity index (χ0n) is 15.3. The summed E-state index contributed by atoms with van der Waals surface area (Å²) in [5.74, 6) is 0.336. The predicted octanol–water partition coefficient (Wildman–Crippen LogP) is 2.76. The molecular weight excluding hydrogens is 304 g/mol. The van der Waals surface area contributed by atoms with Crippen LogP contribution in [0.3, 0.4) is 0 Å². The zero-order chi connectivity index (χ0) is 17.8. The summed E-state index contributed by atoms with van der Waals surface area (Å²) >= 11 is 0. The van der Waals surface area contributed by atoms with Crippen molar-refractivity contribution >= 4 is 5.78 Å². The van der Waals surface area contributed by atoms with Gasteiger partial charge >= 0.3 is 0 Å². The van der Waals surface area contributed by atoms with Gasteiger partial charge in [-0.05, 0) is 43.6 Å². The van der Waals surface area contributed by atoms with E-state index in [0.29, 0.717) is 19.3 Å². The fourth-order valence-corrected chi connectivity index (χ4v) is 6.53. The quantitative estimate of drug-likeness (QED) is 0.571. The van der Waals surface area contributed by atoms with Gasteiger partial charge in [0.2, 0.25) is 0 Å². The van der Waals surface area contributed by atoms with Crippen molar-refractivity contribution in [1.29, 1.82) is 0 Å². The maximum absolute atomic E-state index is 13.5. The van der Waals surface area contributed by atoms with Gasteiger partial charge in [0.1, 0.15) is 5.60 Å². The number of Topliss-reactive ketones (excluding diaryl/α,β-unsaturated/α-hetero) is 1. The third-order valence-electron chi connectivity index (χ3n) is 8.27. The van der Waals surface area contributed by atoms with Gasteiger partial charge in [0, 0.05) is 17.3 Å². The monoisotopic (exact) mass is 334 g/mol. The normalized spacial score (nSPS) is 56.5. The topological polar surface area (TPSA) is 70.1 Å². The third kappa shape index (κ3) is 1.47. The molecule has 4 aliphatic rings. The Morgan fingerprint density at radius 3 is 2.54 bits per heavy atom. The lowest BCUT2D eigenvalue weighted by molar-refractivity contribution is -0.151. The summed E-state index contributed by atoms with van der Waals surface area (Å²) in [6.07, 6.45) is 2.84. The highest BCUT2D eigenvalue weighted by Gasteiger charge is 2.87. The number of carbonyl (C=O) groups is 1. The number of aliphatic hydroxyl groups excluding tert-OH is 1. The third-order valence-corrected chi connectivity index (χ3v) is 8.27. The number of carbonyl (C=O) groups excluding carboxylic acids is 1. The van der Waals surface area contributed by atoms with E-state index in [0.717, 1.165) is 18.4 Å². The van der Waals surface area contributed by atoms with Crippen LogP contribution in [0.5, 0.6) is 0 Å². The van der Waals surface area contributed by atoms with Crippen molar-refractivity contribution in [2.45, 2.75) is 89.1 Å². The Morgan fingerprint density at radius 1 is 1.29 bits per heavy atom. The van der Waals surface area contributed by atoms with Crippen molar-refractivity contribution in [2.75, 3.05) is 0 Å². The highest BCUT2D eigenvalue weighted by Crippen LogP contribution is 2.76. The van der Waals surface area contributed by atoms with E-state index in [1.54, 1.807) is 0 Å². The van der Waals surface area contributed by atoms with Crippen LogP contribution in [0, 0.1) is 16.7 Å². The molecule has 4 rings (SSSR count). The maximum atomic E-state index is 13.5. The van der Waals surface area contributed by atoms with Gasteiger partial charge in [0.25, 0.3) is 0 Å². The number of epoxide rings is 1. The molecule has 1 aliphatic heterocycles. The maximum Gasteiger partial charge on any atom is 0.169 e. The van der Waals surface area contributed by atoms with Gasteiger partial charge in [-0.3, -0.25) is 4.79 Å². The first-order valence-electron chi connectivity index (χ1n) is 9.31. The minimum Gasteiger partial charge on any atom is -0.392 e. The van der Waals surface area contributed by atoms with Crippen LogP contribution < -0.4 is 0 Å². The van der Waals surface area contributed by atoms with Crippen LogP contribution in [-0.4, -0.2) is 38.9 Å². The van der Waals surface area contributed by atoms with E-state index < -0.39 is 28.1 Å². The molecule has 0 radical (unpaired) electrons. The van der Waals surface area contributed by atoms with Crippen molar-refractivity contribution in [1.82, 2.24) is 0 Å². The second-order valence-electron chi connectivity index (χ2n) is 9.60. The smallest absolute Gasteiger partial charge is 0.169 e. The minimum absolute atomic E-state index is 0.0726. The molecule has 0 aromatic heterocycles. The second-order valence-corrected chi connectivity index (χ2v) is 9.60. The van der Waals surface area contributed by atoms with E-state index in [-0.39, 0.29) is 23.7 Å². The number of rotatable bonds is 1. The molecule has 6 unspecified atom stereocenters. The van der Waals surface area contributed by atoms with Crippen LogP contribution >= 0.6 is 0 Å². The average molecular weight is 334 g/mol. The van der Waals surface area contributed by atoms with Crippen molar-refractivity contribution in [3.8, 4) is 0 Å². The van der Waals surface area contributed by atoms with Gasteiger partial charge in [-0.25, -0.2) is 0 Å². The highest BCUT2D eigenvalue weighted by molar-refractivity contribution is 5.95. The summed E-state index contributed by atoms with van der Waals surface area (Å²) in [6, 6.07) is 0. The van der Waals surface area contributed by atoms with Crippen molar-refractivity contribution in [2.24, 2.45) is 16.7 Å². The number of fused-ring (bicyclic) bond motifs is 1. The highest BCUT2D eigenvalue weighted by atomic mass is 16.6. The van der Waals surface area contributed by atoms with E-state index in [1.165, 1.54) is 0 Å². The van der Waals surface area contributed by atoms with Crippen LogP contribution in [0.2, 0.25) is 0 Å². The molecule has 1 saturated heterocycles. The van der Waals surface area contributed by atoms with Crippen molar-refractivity contribution < 1.29 is 19.7 Å². The lowest BCUT2D eigenvalue weighted by Crippen LogP contribution is -2.58. The van der Waals surface area contributed by atoms with Gasteiger partial charge < -0.3 is 14.9 Å². The predicted molar refractivity (Wildman–Crippen MR) is 90.4 cm³/mol. The Balaban J connectivity index is 1.88. The summed E-state index contributed by atoms with van der Waals surface area (Å²) < 4.78 is 6.28. The zero-order valence-corrected chi connectivity index (χ0v) is 15.3. The molecule has 4 heteroatoms. The molecule has 134 valence electrons. The fraction of sp³-hybridized carbons (Fsp3) is 0.850. The van der Waals surface area contributed by atoms with E-state index >= 15 is 0 Å². The number of hydrogen-bond donors (Lipinski definition) is 2. The minimum atomic E-state index is -1.21. The summed E-state index contributed by atoms with van der Waals surface area (Å²) in [7, 11) is 0.